The SMILES string of the molecule is Cc1ccc(C(C)NC(=O)C2CC2N)c(C)c1. The second-order valence-corrected chi connectivity index (χ2v) is 5.10. The minimum absolute atomic E-state index is 0.0307. The molecule has 0 radical (unpaired) electrons. The van der Waals surface area contributed by atoms with Gasteiger partial charge in [-0.2, -0.15) is 0 Å². The molecular formula is C14H20N2O. The molecule has 1 aromatic carbocycles. The van der Waals surface area contributed by atoms with Crippen molar-refractivity contribution < 1.29 is 4.79 Å². The first-order valence-corrected chi connectivity index (χ1v) is 6.12. The van der Waals surface area contributed by atoms with E-state index in [-0.39, 0.29) is 23.9 Å². The number of benzene rings is 1. The van der Waals surface area contributed by atoms with Gasteiger partial charge in [0.05, 0.1) is 12.0 Å². The van der Waals surface area contributed by atoms with Gasteiger partial charge >= 0.3 is 0 Å². The van der Waals surface area contributed by atoms with Gasteiger partial charge in [0, 0.05) is 6.04 Å². The standard InChI is InChI=1S/C14H20N2O/c1-8-4-5-11(9(2)6-8)10(3)16-14(17)12-7-13(12)15/h4-6,10,12-13H,7,15H2,1-3H3,(H,16,17). The summed E-state index contributed by atoms with van der Waals surface area (Å²) < 4.78 is 0. The van der Waals surface area contributed by atoms with Crippen molar-refractivity contribution in [2.24, 2.45) is 11.7 Å². The first kappa shape index (κ1) is 12.1. The fourth-order valence-electron chi connectivity index (χ4n) is 2.23. The summed E-state index contributed by atoms with van der Waals surface area (Å²) in [5.41, 5.74) is 9.31. The maximum absolute atomic E-state index is 11.8. The fourth-order valence-corrected chi connectivity index (χ4v) is 2.23. The second-order valence-electron chi connectivity index (χ2n) is 5.10. The minimum Gasteiger partial charge on any atom is -0.349 e. The monoisotopic (exact) mass is 232 g/mol. The minimum atomic E-state index is 0.0307. The average Bonchev–Trinajstić information content (AvgIpc) is 2.95. The molecule has 0 spiro atoms. The second kappa shape index (κ2) is 4.49. The van der Waals surface area contributed by atoms with E-state index in [0.717, 1.165) is 6.42 Å². The van der Waals surface area contributed by atoms with Crippen LogP contribution in [0.1, 0.15) is 36.1 Å². The van der Waals surface area contributed by atoms with Crippen LogP contribution in [0, 0.1) is 19.8 Å². The Labute approximate surface area is 102 Å². The number of nitrogens with one attached hydrogen (secondary N) is 1. The van der Waals surface area contributed by atoms with Crippen LogP contribution in [-0.4, -0.2) is 11.9 Å². The molecule has 2 rings (SSSR count). The maximum atomic E-state index is 11.8. The van der Waals surface area contributed by atoms with Gasteiger partial charge in [0.25, 0.3) is 0 Å². The molecule has 1 aliphatic rings. The van der Waals surface area contributed by atoms with E-state index in [1.807, 2.05) is 6.92 Å². The van der Waals surface area contributed by atoms with Gasteiger partial charge in [0.15, 0.2) is 0 Å². The van der Waals surface area contributed by atoms with Crippen molar-refractivity contribution in [2.45, 2.75) is 39.3 Å². The van der Waals surface area contributed by atoms with Gasteiger partial charge in [-0.25, -0.2) is 0 Å². The van der Waals surface area contributed by atoms with Crippen LogP contribution in [0.5, 0.6) is 0 Å². The number of carbonyl (C=O) groups excluding carboxylic acids is 1. The van der Waals surface area contributed by atoms with Gasteiger partial charge < -0.3 is 11.1 Å². The zero-order chi connectivity index (χ0) is 12.6. The molecule has 0 saturated heterocycles. The third-order valence-electron chi connectivity index (χ3n) is 3.43. The Morgan fingerprint density at radius 1 is 1.47 bits per heavy atom. The Bertz CT molecular complexity index is 442. The molecule has 92 valence electrons. The van der Waals surface area contributed by atoms with Gasteiger partial charge in [-0.1, -0.05) is 23.8 Å². The Kier molecular flexibility index (Phi) is 3.20. The molecule has 17 heavy (non-hydrogen) atoms. The molecule has 0 aromatic heterocycles. The Balaban J connectivity index is 2.04. The summed E-state index contributed by atoms with van der Waals surface area (Å²) in [6.45, 7) is 6.17. The Morgan fingerprint density at radius 3 is 2.65 bits per heavy atom. The largest absolute Gasteiger partial charge is 0.349 e. The summed E-state index contributed by atoms with van der Waals surface area (Å²) in [6, 6.07) is 6.43. The van der Waals surface area contributed by atoms with Crippen LogP contribution in [-0.2, 0) is 4.79 Å². The normalized spacial score (nSPS) is 24.2. The molecule has 1 saturated carbocycles. The van der Waals surface area contributed by atoms with Crippen molar-refractivity contribution in [1.82, 2.24) is 5.32 Å². The molecule has 3 nitrogen and oxygen atoms in total. The summed E-state index contributed by atoms with van der Waals surface area (Å²) in [6.07, 6.45) is 0.825. The van der Waals surface area contributed by atoms with Gasteiger partial charge in [-0.3, -0.25) is 4.79 Å². The van der Waals surface area contributed by atoms with Crippen molar-refractivity contribution in [2.75, 3.05) is 0 Å². The van der Waals surface area contributed by atoms with Crippen molar-refractivity contribution in [3.63, 3.8) is 0 Å². The molecule has 1 aromatic rings. The highest BCUT2D eigenvalue weighted by Gasteiger charge is 2.40. The molecule has 0 aliphatic heterocycles. The van der Waals surface area contributed by atoms with Crippen LogP contribution in [0.25, 0.3) is 0 Å². The van der Waals surface area contributed by atoms with E-state index in [1.165, 1.54) is 16.7 Å². The van der Waals surface area contributed by atoms with E-state index in [1.54, 1.807) is 0 Å². The lowest BCUT2D eigenvalue weighted by molar-refractivity contribution is -0.123. The number of nitrogens with two attached hydrogens (primary N) is 1. The van der Waals surface area contributed by atoms with E-state index in [0.29, 0.717) is 0 Å². The van der Waals surface area contributed by atoms with Gasteiger partial charge in [0.2, 0.25) is 5.91 Å². The molecule has 1 aliphatic carbocycles. The van der Waals surface area contributed by atoms with Gasteiger partial charge in [-0.15, -0.1) is 0 Å². The number of hydrogen-bond acceptors (Lipinski definition) is 2. The average molecular weight is 232 g/mol. The maximum Gasteiger partial charge on any atom is 0.225 e. The predicted molar refractivity (Wildman–Crippen MR) is 68.6 cm³/mol. The zero-order valence-electron chi connectivity index (χ0n) is 10.7. The van der Waals surface area contributed by atoms with Crippen molar-refractivity contribution in [1.29, 1.82) is 0 Å². The number of carbonyl (C=O) groups is 1. The lowest BCUT2D eigenvalue weighted by atomic mass is 10.0. The molecule has 0 bridgehead atoms. The molecule has 3 unspecified atom stereocenters. The van der Waals surface area contributed by atoms with E-state index in [4.69, 9.17) is 5.73 Å². The van der Waals surface area contributed by atoms with E-state index < -0.39 is 0 Å². The van der Waals surface area contributed by atoms with Crippen LogP contribution in [0.2, 0.25) is 0 Å². The van der Waals surface area contributed by atoms with Crippen LogP contribution in [0.15, 0.2) is 18.2 Å². The number of rotatable bonds is 3. The highest BCUT2D eigenvalue weighted by molar-refractivity contribution is 5.82. The predicted octanol–water partition coefficient (Wildman–Crippen LogP) is 1.83. The molecule has 1 amide bonds. The van der Waals surface area contributed by atoms with Crippen molar-refractivity contribution >= 4 is 5.91 Å². The van der Waals surface area contributed by atoms with Gasteiger partial charge in [-0.05, 0) is 38.3 Å². The van der Waals surface area contributed by atoms with E-state index in [9.17, 15) is 4.79 Å². The van der Waals surface area contributed by atoms with Crippen LogP contribution in [0.3, 0.4) is 0 Å². The van der Waals surface area contributed by atoms with E-state index >= 15 is 0 Å². The van der Waals surface area contributed by atoms with Crippen molar-refractivity contribution in [3.8, 4) is 0 Å². The number of aryl methyl sites for hydroxylation is 2. The molecule has 3 N–H and O–H groups in total. The summed E-state index contributed by atoms with van der Waals surface area (Å²) in [7, 11) is 0. The molecule has 1 fully saturated rings. The topological polar surface area (TPSA) is 55.1 Å². The van der Waals surface area contributed by atoms with Crippen molar-refractivity contribution in [3.05, 3.63) is 34.9 Å². The Morgan fingerprint density at radius 2 is 2.12 bits per heavy atom. The molecule has 3 heteroatoms. The number of hydrogen-bond donors (Lipinski definition) is 2. The highest BCUT2D eigenvalue weighted by atomic mass is 16.2. The molecule has 0 heterocycles. The third kappa shape index (κ3) is 2.67. The number of amides is 1. The Hall–Kier alpha value is -1.35. The quantitative estimate of drug-likeness (QED) is 0.835. The fraction of sp³-hybridized carbons (Fsp3) is 0.500. The lowest BCUT2D eigenvalue weighted by Crippen LogP contribution is -2.30. The summed E-state index contributed by atoms with van der Waals surface area (Å²) in [5, 5.41) is 3.03. The van der Waals surface area contributed by atoms with E-state index in [2.05, 4.69) is 37.4 Å². The first-order chi connectivity index (χ1) is 7.99. The third-order valence-corrected chi connectivity index (χ3v) is 3.43. The molecular weight excluding hydrogens is 212 g/mol. The summed E-state index contributed by atoms with van der Waals surface area (Å²) >= 11 is 0. The van der Waals surface area contributed by atoms with Crippen LogP contribution < -0.4 is 11.1 Å². The molecule has 3 atom stereocenters. The van der Waals surface area contributed by atoms with Crippen LogP contribution >= 0.6 is 0 Å². The first-order valence-electron chi connectivity index (χ1n) is 6.12. The smallest absolute Gasteiger partial charge is 0.225 e. The highest BCUT2D eigenvalue weighted by Crippen LogP contribution is 2.29. The lowest BCUT2D eigenvalue weighted by Gasteiger charge is -2.17. The van der Waals surface area contributed by atoms with Crippen LogP contribution in [0.4, 0.5) is 0 Å². The summed E-state index contributed by atoms with van der Waals surface area (Å²) in [4.78, 5) is 11.8. The zero-order valence-corrected chi connectivity index (χ0v) is 10.7. The van der Waals surface area contributed by atoms with Gasteiger partial charge in [0.1, 0.15) is 0 Å². The summed E-state index contributed by atoms with van der Waals surface area (Å²) in [5.74, 6) is 0.119.